The molecule has 24 heavy (non-hydrogen) atoms. The Labute approximate surface area is 168 Å². The van der Waals surface area contributed by atoms with E-state index in [1.165, 1.54) is 82.7 Å². The molecule has 0 bridgehead atoms. The van der Waals surface area contributed by atoms with Crippen LogP contribution in [0.5, 0.6) is 0 Å². The van der Waals surface area contributed by atoms with Gasteiger partial charge in [0.2, 0.25) is 0 Å². The van der Waals surface area contributed by atoms with Crippen molar-refractivity contribution in [1.29, 1.82) is 0 Å². The van der Waals surface area contributed by atoms with Crippen molar-refractivity contribution in [2.45, 2.75) is 93.4 Å². The smallest absolute Gasteiger partial charge is 0.330 e. The molecular weight excluding hydrogens is 448 g/mol. The summed E-state index contributed by atoms with van der Waals surface area (Å²) in [5.74, 6) is -0.213. The molecule has 0 radical (unpaired) electrons. The average molecular weight is 484 g/mol. The molecule has 2 nitrogen and oxygen atoms in total. The van der Waals surface area contributed by atoms with Crippen molar-refractivity contribution in [3.8, 4) is 0 Å². The van der Waals surface area contributed by atoms with Crippen molar-refractivity contribution >= 4 is 47.3 Å². The third-order valence-electron chi connectivity index (χ3n) is 4.11. The van der Waals surface area contributed by atoms with Crippen LogP contribution in [-0.4, -0.2) is 25.5 Å². The summed E-state index contributed by atoms with van der Waals surface area (Å²) in [6.07, 6.45) is 19.2. The lowest BCUT2D eigenvalue weighted by Gasteiger charge is -2.04. The van der Waals surface area contributed by atoms with Crippen LogP contribution in [0.1, 0.15) is 84.0 Å². The second kappa shape index (κ2) is 19.7. The van der Waals surface area contributed by atoms with Gasteiger partial charge in [-0.3, -0.25) is 0 Å². The molecule has 0 aliphatic rings. The van der Waals surface area contributed by atoms with Gasteiger partial charge in [-0.2, -0.15) is 0 Å². The molecule has 0 amide bonds. The van der Waals surface area contributed by atoms with E-state index < -0.39 is 0 Å². The third-order valence-corrected chi connectivity index (χ3v) is 8.21. The summed E-state index contributed by atoms with van der Waals surface area (Å²) in [5.41, 5.74) is 0. The lowest BCUT2D eigenvalue weighted by molar-refractivity contribution is -0.137. The number of halogens is 2. The van der Waals surface area contributed by atoms with Crippen LogP contribution in [0.15, 0.2) is 12.2 Å². The quantitative estimate of drug-likeness (QED) is 0.0780. The van der Waals surface area contributed by atoms with Gasteiger partial charge in [-0.25, -0.2) is 4.79 Å². The number of ether oxygens (including phenoxy) is 1. The van der Waals surface area contributed by atoms with Crippen LogP contribution >= 0.6 is 31.9 Å². The molecule has 0 N–H and O–H groups in total. The number of allylic oxidation sites excluding steroid dienone is 1. The van der Waals surface area contributed by atoms with E-state index in [0.717, 1.165) is 6.42 Å². The second-order valence-electron chi connectivity index (χ2n) is 6.44. The first-order valence-electron chi connectivity index (χ1n) is 9.74. The van der Waals surface area contributed by atoms with Crippen molar-refractivity contribution < 1.29 is 9.53 Å². The molecule has 0 fully saturated rings. The van der Waals surface area contributed by atoms with Gasteiger partial charge >= 0.3 is 5.97 Å². The van der Waals surface area contributed by atoms with Gasteiger partial charge < -0.3 is 4.74 Å². The number of rotatable bonds is 17. The molecule has 0 aromatic carbocycles. The van der Waals surface area contributed by atoms with Gasteiger partial charge in [-0.1, -0.05) is 115 Å². The van der Waals surface area contributed by atoms with Crippen LogP contribution in [0.4, 0.5) is 0 Å². The lowest BCUT2D eigenvalue weighted by atomic mass is 10.1. The number of hydrogen-bond donors (Lipinski definition) is 0. The lowest BCUT2D eigenvalue weighted by Crippen LogP contribution is -2.01. The fourth-order valence-corrected chi connectivity index (χ4v) is 5.60. The predicted molar refractivity (Wildman–Crippen MR) is 116 cm³/mol. The Kier molecular flexibility index (Phi) is 20.0. The highest BCUT2D eigenvalue weighted by molar-refractivity contribution is 9.25. The van der Waals surface area contributed by atoms with Crippen LogP contribution < -0.4 is 0 Å². The zero-order valence-corrected chi connectivity index (χ0v) is 20.0. The Morgan fingerprint density at radius 2 is 1.33 bits per heavy atom. The Hall–Kier alpha value is 0.387. The second-order valence-corrected chi connectivity index (χ2v) is 14.4. The molecule has 0 unspecified atom stereocenters. The number of carbonyl (C=O) groups is 1. The summed E-state index contributed by atoms with van der Waals surface area (Å²) in [4.78, 5) is 11.1. The van der Waals surface area contributed by atoms with Crippen LogP contribution in [0.2, 0.25) is 6.04 Å². The first-order valence-corrected chi connectivity index (χ1v) is 13.4. The Morgan fingerprint density at radius 1 is 0.875 bits per heavy atom. The van der Waals surface area contributed by atoms with Gasteiger partial charge in [0.1, 0.15) is 0 Å². The molecule has 0 heterocycles. The van der Waals surface area contributed by atoms with E-state index in [0.29, 0.717) is 9.97 Å². The summed E-state index contributed by atoms with van der Waals surface area (Å²) < 4.78 is 5.71. The highest BCUT2D eigenvalue weighted by Crippen LogP contribution is 2.14. The summed E-state index contributed by atoms with van der Waals surface area (Å²) >= 11 is 7.17. The van der Waals surface area contributed by atoms with Crippen molar-refractivity contribution in [3.63, 3.8) is 0 Å². The minimum atomic E-state index is -0.213. The van der Waals surface area contributed by atoms with E-state index in [2.05, 4.69) is 31.9 Å². The molecule has 5 heteroatoms. The van der Waals surface area contributed by atoms with Crippen LogP contribution in [0, 0.1) is 0 Å². The maximum atomic E-state index is 11.1. The fraction of sp³-hybridized carbons (Fsp3) is 0.842. The molecule has 0 rings (SSSR count). The summed E-state index contributed by atoms with van der Waals surface area (Å²) in [6, 6.07) is 1.47. The van der Waals surface area contributed by atoms with Gasteiger partial charge in [-0.15, -0.1) is 0 Å². The van der Waals surface area contributed by atoms with E-state index in [1.54, 1.807) is 6.08 Å². The topological polar surface area (TPSA) is 26.3 Å². The van der Waals surface area contributed by atoms with E-state index in [4.69, 9.17) is 4.74 Å². The molecule has 0 aliphatic heterocycles. The number of alkyl halides is 2. The Morgan fingerprint density at radius 3 is 1.79 bits per heavy atom. The molecule has 0 aromatic heterocycles. The molecule has 142 valence electrons. The van der Waals surface area contributed by atoms with Gasteiger partial charge in [0.05, 0.1) is 9.97 Å². The Balaban J connectivity index is 3.06. The number of esters is 1. The maximum absolute atomic E-state index is 11.1. The normalized spacial score (nSPS) is 12.0. The van der Waals surface area contributed by atoms with Crippen LogP contribution in [0.3, 0.4) is 0 Å². The Bertz CT molecular complexity index is 310. The monoisotopic (exact) mass is 482 g/mol. The minimum Gasteiger partial charge on any atom is -0.463 e. The van der Waals surface area contributed by atoms with Crippen LogP contribution in [-0.2, 0) is 9.53 Å². The molecule has 0 saturated heterocycles. The summed E-state index contributed by atoms with van der Waals surface area (Å²) in [7, 11) is 0.0835. The summed E-state index contributed by atoms with van der Waals surface area (Å²) in [5, 5.41) is 0. The largest absolute Gasteiger partial charge is 0.463 e. The van der Waals surface area contributed by atoms with E-state index in [1.807, 2.05) is 6.92 Å². The average Bonchev–Trinajstić information content (AvgIpc) is 2.54. The zero-order valence-electron chi connectivity index (χ0n) is 15.4. The number of unbranched alkanes of at least 4 members (excludes halogenated alkanes) is 11. The van der Waals surface area contributed by atoms with Crippen LogP contribution in [0.25, 0.3) is 0 Å². The minimum absolute atomic E-state index is 0.0835. The number of hydrogen-bond acceptors (Lipinski definition) is 2. The fourth-order valence-electron chi connectivity index (χ4n) is 2.70. The molecule has 0 aromatic rings. The van der Waals surface area contributed by atoms with Crippen molar-refractivity contribution in [1.82, 2.24) is 0 Å². The zero-order chi connectivity index (χ0) is 17.9. The van der Waals surface area contributed by atoms with E-state index >= 15 is 0 Å². The van der Waals surface area contributed by atoms with Crippen molar-refractivity contribution in [2.75, 3.05) is 6.61 Å². The first-order chi connectivity index (χ1) is 11.7. The van der Waals surface area contributed by atoms with Gasteiger partial charge in [0.25, 0.3) is 0 Å². The third kappa shape index (κ3) is 20.4. The van der Waals surface area contributed by atoms with Gasteiger partial charge in [0.15, 0.2) is 0 Å². The molecular formula is C19H36Br2O2Si. The van der Waals surface area contributed by atoms with Gasteiger partial charge in [0, 0.05) is 15.6 Å². The number of carbonyl (C=O) groups excluding carboxylic acids is 1. The molecule has 0 atom stereocenters. The molecule has 0 aliphatic carbocycles. The SMILES string of the molecule is CC=CC(=O)OCCCCCCCCCCCCCC[SiH2]C(Br)Br. The highest BCUT2D eigenvalue weighted by atomic mass is 79.9. The summed E-state index contributed by atoms with van der Waals surface area (Å²) in [6.45, 7) is 2.39. The maximum Gasteiger partial charge on any atom is 0.330 e. The molecule has 0 saturated carbocycles. The van der Waals surface area contributed by atoms with E-state index in [-0.39, 0.29) is 15.5 Å². The highest BCUT2D eigenvalue weighted by Gasteiger charge is 1.99. The molecule has 0 spiro atoms. The van der Waals surface area contributed by atoms with Gasteiger partial charge in [-0.05, 0) is 13.3 Å². The van der Waals surface area contributed by atoms with E-state index in [9.17, 15) is 4.79 Å². The first kappa shape index (κ1) is 24.4. The standard InChI is InChI=1S/C19H36Br2O2Si/c1-2-15-18(22)23-16-13-11-9-7-5-3-4-6-8-10-12-14-17-24-19(20)21/h2,15,19H,3-14,16-17,24H2,1H3. The van der Waals surface area contributed by atoms with Crippen molar-refractivity contribution in [2.24, 2.45) is 0 Å². The predicted octanol–water partition coefficient (Wildman–Crippen LogP) is 6.45. The van der Waals surface area contributed by atoms with Crippen molar-refractivity contribution in [3.05, 3.63) is 12.2 Å².